The molecule has 0 aliphatic carbocycles. The SMILES string of the molecule is NCC1CC(=O)N(c2cc(Cl)ccc2CO)C1. The molecule has 1 aromatic carbocycles. The second-order valence-corrected chi connectivity index (χ2v) is 4.68. The second kappa shape index (κ2) is 5.04. The molecule has 5 heteroatoms. The molecule has 1 heterocycles. The number of aliphatic hydroxyl groups is 1. The van der Waals surface area contributed by atoms with Gasteiger partial charge < -0.3 is 15.7 Å². The van der Waals surface area contributed by atoms with Crippen molar-refractivity contribution in [2.24, 2.45) is 11.7 Å². The number of aliphatic hydroxyl groups excluding tert-OH is 1. The molecule has 0 saturated carbocycles. The average Bonchev–Trinajstić information content (AvgIpc) is 2.70. The molecule has 0 bridgehead atoms. The smallest absolute Gasteiger partial charge is 0.227 e. The van der Waals surface area contributed by atoms with Crippen molar-refractivity contribution in [1.82, 2.24) is 0 Å². The van der Waals surface area contributed by atoms with Crippen molar-refractivity contribution >= 4 is 23.2 Å². The van der Waals surface area contributed by atoms with Crippen molar-refractivity contribution in [3.63, 3.8) is 0 Å². The molecule has 92 valence electrons. The molecule has 1 aliphatic heterocycles. The molecule has 3 N–H and O–H groups in total. The van der Waals surface area contributed by atoms with Crippen LogP contribution < -0.4 is 10.6 Å². The van der Waals surface area contributed by atoms with E-state index >= 15 is 0 Å². The molecule has 4 nitrogen and oxygen atoms in total. The van der Waals surface area contributed by atoms with E-state index in [1.807, 2.05) is 0 Å². The lowest BCUT2D eigenvalue weighted by Crippen LogP contribution is -2.26. The fraction of sp³-hybridized carbons (Fsp3) is 0.417. The number of benzene rings is 1. The minimum absolute atomic E-state index is 0.0393. The van der Waals surface area contributed by atoms with Gasteiger partial charge in [0.15, 0.2) is 0 Å². The van der Waals surface area contributed by atoms with E-state index in [0.717, 1.165) is 0 Å². The highest BCUT2D eigenvalue weighted by atomic mass is 35.5. The van der Waals surface area contributed by atoms with Gasteiger partial charge in [0.1, 0.15) is 0 Å². The lowest BCUT2D eigenvalue weighted by molar-refractivity contribution is -0.117. The van der Waals surface area contributed by atoms with E-state index in [9.17, 15) is 9.90 Å². The van der Waals surface area contributed by atoms with E-state index in [2.05, 4.69) is 0 Å². The van der Waals surface area contributed by atoms with Gasteiger partial charge in [-0.05, 0) is 24.6 Å². The van der Waals surface area contributed by atoms with Crippen LogP contribution >= 0.6 is 11.6 Å². The van der Waals surface area contributed by atoms with Crippen molar-refractivity contribution < 1.29 is 9.90 Å². The zero-order valence-corrected chi connectivity index (χ0v) is 10.2. The van der Waals surface area contributed by atoms with E-state index in [1.54, 1.807) is 23.1 Å². The molecule has 1 aromatic rings. The molecule has 2 rings (SSSR count). The largest absolute Gasteiger partial charge is 0.392 e. The number of rotatable bonds is 3. The van der Waals surface area contributed by atoms with Crippen LogP contribution in [0.5, 0.6) is 0 Å². The number of nitrogens with two attached hydrogens (primary N) is 1. The van der Waals surface area contributed by atoms with Crippen molar-refractivity contribution in [2.75, 3.05) is 18.0 Å². The first-order valence-electron chi connectivity index (χ1n) is 5.55. The number of nitrogens with zero attached hydrogens (tertiary/aromatic N) is 1. The normalized spacial score (nSPS) is 20.1. The maximum Gasteiger partial charge on any atom is 0.227 e. The molecule has 0 aromatic heterocycles. The topological polar surface area (TPSA) is 66.6 Å². The van der Waals surface area contributed by atoms with Crippen LogP contribution in [0, 0.1) is 5.92 Å². The van der Waals surface area contributed by atoms with Crippen LogP contribution in [0.3, 0.4) is 0 Å². The summed E-state index contributed by atoms with van der Waals surface area (Å²) in [6.07, 6.45) is 0.466. The summed E-state index contributed by atoms with van der Waals surface area (Å²) in [5.74, 6) is 0.227. The second-order valence-electron chi connectivity index (χ2n) is 4.24. The number of hydrogen-bond acceptors (Lipinski definition) is 3. The van der Waals surface area contributed by atoms with Crippen LogP contribution in [-0.2, 0) is 11.4 Å². The predicted octanol–water partition coefficient (Wildman–Crippen LogP) is 1.14. The zero-order chi connectivity index (χ0) is 12.4. The van der Waals surface area contributed by atoms with Gasteiger partial charge in [0.2, 0.25) is 5.91 Å². The summed E-state index contributed by atoms with van der Waals surface area (Å²) in [6, 6.07) is 5.15. The number of anilines is 1. The Hall–Kier alpha value is -1.10. The standard InChI is InChI=1S/C12H15ClN2O2/c13-10-2-1-9(7-16)11(4-10)15-6-8(5-14)3-12(15)17/h1-2,4,8,16H,3,5-7,14H2. The quantitative estimate of drug-likeness (QED) is 0.850. The van der Waals surface area contributed by atoms with Gasteiger partial charge in [-0.3, -0.25) is 4.79 Å². The fourth-order valence-corrected chi connectivity index (χ4v) is 2.26. The first-order chi connectivity index (χ1) is 8.15. The van der Waals surface area contributed by atoms with Crippen LogP contribution in [0.25, 0.3) is 0 Å². The van der Waals surface area contributed by atoms with Gasteiger partial charge in [-0.2, -0.15) is 0 Å². The zero-order valence-electron chi connectivity index (χ0n) is 9.40. The number of carbonyl (C=O) groups is 1. The minimum atomic E-state index is -0.108. The summed E-state index contributed by atoms with van der Waals surface area (Å²) in [7, 11) is 0. The molecule has 17 heavy (non-hydrogen) atoms. The summed E-state index contributed by atoms with van der Waals surface area (Å²) in [5, 5.41) is 9.83. The van der Waals surface area contributed by atoms with Crippen LogP contribution in [0.2, 0.25) is 5.02 Å². The van der Waals surface area contributed by atoms with Gasteiger partial charge in [-0.1, -0.05) is 17.7 Å². The monoisotopic (exact) mass is 254 g/mol. The number of carbonyl (C=O) groups excluding carboxylic acids is 1. The third kappa shape index (κ3) is 2.44. The van der Waals surface area contributed by atoms with Gasteiger partial charge in [0, 0.05) is 23.6 Å². The molecule has 1 saturated heterocycles. The minimum Gasteiger partial charge on any atom is -0.392 e. The van der Waals surface area contributed by atoms with Gasteiger partial charge in [-0.15, -0.1) is 0 Å². The highest BCUT2D eigenvalue weighted by Gasteiger charge is 2.30. The molecule has 0 spiro atoms. The van der Waals surface area contributed by atoms with Crippen molar-refractivity contribution in [3.05, 3.63) is 28.8 Å². The first kappa shape index (κ1) is 12.4. The van der Waals surface area contributed by atoms with Crippen molar-refractivity contribution in [2.45, 2.75) is 13.0 Å². The highest BCUT2D eigenvalue weighted by molar-refractivity contribution is 6.31. The van der Waals surface area contributed by atoms with Crippen molar-refractivity contribution in [3.8, 4) is 0 Å². The average molecular weight is 255 g/mol. The maximum atomic E-state index is 11.9. The maximum absolute atomic E-state index is 11.9. The third-order valence-corrected chi connectivity index (χ3v) is 3.28. The number of amides is 1. The Kier molecular flexibility index (Phi) is 3.66. The molecular weight excluding hydrogens is 240 g/mol. The van der Waals surface area contributed by atoms with Gasteiger partial charge in [0.25, 0.3) is 0 Å². The Morgan fingerprint density at radius 3 is 2.88 bits per heavy atom. The molecule has 1 fully saturated rings. The first-order valence-corrected chi connectivity index (χ1v) is 5.93. The Morgan fingerprint density at radius 1 is 1.53 bits per heavy atom. The molecule has 1 atom stereocenters. The van der Waals surface area contributed by atoms with Crippen LogP contribution in [0.4, 0.5) is 5.69 Å². The number of hydrogen-bond donors (Lipinski definition) is 2. The molecule has 1 aliphatic rings. The van der Waals surface area contributed by atoms with Crippen LogP contribution in [-0.4, -0.2) is 24.1 Å². The third-order valence-electron chi connectivity index (χ3n) is 3.05. The lowest BCUT2D eigenvalue weighted by Gasteiger charge is -2.20. The molecule has 1 amide bonds. The molecule has 1 unspecified atom stereocenters. The summed E-state index contributed by atoms with van der Waals surface area (Å²) in [5.41, 5.74) is 6.99. The van der Waals surface area contributed by atoms with Gasteiger partial charge in [-0.25, -0.2) is 0 Å². The molecule has 0 radical (unpaired) electrons. The summed E-state index contributed by atoms with van der Waals surface area (Å²) in [4.78, 5) is 13.5. The Balaban J connectivity index is 2.33. The Morgan fingerprint density at radius 2 is 2.29 bits per heavy atom. The van der Waals surface area contributed by atoms with E-state index in [0.29, 0.717) is 35.8 Å². The number of halogens is 1. The van der Waals surface area contributed by atoms with Crippen LogP contribution in [0.15, 0.2) is 18.2 Å². The summed E-state index contributed by atoms with van der Waals surface area (Å²) >= 11 is 5.93. The Labute approximate surface area is 105 Å². The fourth-order valence-electron chi connectivity index (χ4n) is 2.09. The van der Waals surface area contributed by atoms with E-state index < -0.39 is 0 Å². The van der Waals surface area contributed by atoms with Crippen LogP contribution in [0.1, 0.15) is 12.0 Å². The lowest BCUT2D eigenvalue weighted by atomic mass is 10.1. The predicted molar refractivity (Wildman–Crippen MR) is 66.9 cm³/mol. The summed E-state index contributed by atoms with van der Waals surface area (Å²) < 4.78 is 0. The van der Waals surface area contributed by atoms with E-state index in [-0.39, 0.29) is 18.4 Å². The van der Waals surface area contributed by atoms with E-state index in [1.165, 1.54) is 0 Å². The Bertz CT molecular complexity index is 437. The highest BCUT2D eigenvalue weighted by Crippen LogP contribution is 2.30. The van der Waals surface area contributed by atoms with Crippen molar-refractivity contribution in [1.29, 1.82) is 0 Å². The van der Waals surface area contributed by atoms with Gasteiger partial charge >= 0.3 is 0 Å². The van der Waals surface area contributed by atoms with E-state index in [4.69, 9.17) is 17.3 Å². The molecular formula is C12H15ClN2O2. The summed E-state index contributed by atoms with van der Waals surface area (Å²) in [6.45, 7) is 0.990. The van der Waals surface area contributed by atoms with Gasteiger partial charge in [0.05, 0.1) is 12.3 Å².